The zero-order chi connectivity index (χ0) is 16.2. The molecule has 3 rings (SSSR count). The van der Waals surface area contributed by atoms with E-state index in [-0.39, 0.29) is 0 Å². The zero-order valence-electron chi connectivity index (χ0n) is 14.0. The van der Waals surface area contributed by atoms with Crippen LogP contribution in [0.2, 0.25) is 0 Å². The van der Waals surface area contributed by atoms with E-state index in [1.54, 1.807) is 7.05 Å². The minimum absolute atomic E-state index is 0.543. The van der Waals surface area contributed by atoms with E-state index in [4.69, 9.17) is 17.2 Å². The lowest BCUT2D eigenvalue weighted by Crippen LogP contribution is -2.35. The fourth-order valence-corrected chi connectivity index (χ4v) is 3.40. The largest absolute Gasteiger partial charge is 0.365 e. The Kier molecular flexibility index (Phi) is 5.15. The third-order valence-corrected chi connectivity index (χ3v) is 4.87. The summed E-state index contributed by atoms with van der Waals surface area (Å²) in [6, 6.07) is 2.14. The summed E-state index contributed by atoms with van der Waals surface area (Å²) >= 11 is 5.20. The van der Waals surface area contributed by atoms with Crippen molar-refractivity contribution in [1.29, 1.82) is 0 Å². The van der Waals surface area contributed by atoms with Crippen LogP contribution < -0.4 is 20.4 Å². The van der Waals surface area contributed by atoms with Gasteiger partial charge < -0.3 is 20.4 Å². The molecule has 0 radical (unpaired) electrons. The van der Waals surface area contributed by atoms with Gasteiger partial charge in [-0.25, -0.2) is 0 Å². The molecule has 3 heterocycles. The van der Waals surface area contributed by atoms with Crippen LogP contribution in [-0.2, 0) is 0 Å². The van der Waals surface area contributed by atoms with Gasteiger partial charge in [-0.2, -0.15) is 9.97 Å². The van der Waals surface area contributed by atoms with E-state index >= 15 is 0 Å². The summed E-state index contributed by atoms with van der Waals surface area (Å²) in [4.78, 5) is 14.1. The lowest BCUT2D eigenvalue weighted by atomic mass is 10.0. The molecule has 126 valence electrons. The van der Waals surface area contributed by atoms with Crippen LogP contribution in [0, 0.1) is 5.92 Å². The normalized spacial score (nSPS) is 21.4. The maximum atomic E-state index is 5.20. The standard InChI is InChI=1S/C16H26N6S/c1-12-6-5-9-22(11-12)14-10-13(21-7-3-4-8-21)18-15(19-14)20-16(23)17-2/h10,12H,3-9,11H2,1-2H3,(H2,17,18,19,20,23)/t12-/m0/s1. The Bertz CT molecular complexity index is 558. The first kappa shape index (κ1) is 16.2. The molecule has 2 N–H and O–H groups in total. The van der Waals surface area contributed by atoms with Crippen LogP contribution in [0.25, 0.3) is 0 Å². The molecule has 1 atom stereocenters. The van der Waals surface area contributed by atoms with Crippen LogP contribution >= 0.6 is 12.2 Å². The first-order valence-corrected chi connectivity index (χ1v) is 8.94. The molecule has 7 heteroatoms. The molecular weight excluding hydrogens is 308 g/mol. The van der Waals surface area contributed by atoms with E-state index in [1.807, 2.05) is 0 Å². The molecule has 0 aliphatic carbocycles. The van der Waals surface area contributed by atoms with Gasteiger partial charge in [0.2, 0.25) is 5.95 Å². The maximum Gasteiger partial charge on any atom is 0.232 e. The van der Waals surface area contributed by atoms with Crippen LogP contribution in [0.15, 0.2) is 6.07 Å². The Morgan fingerprint density at radius 3 is 2.43 bits per heavy atom. The minimum Gasteiger partial charge on any atom is -0.365 e. The Morgan fingerprint density at radius 1 is 1.13 bits per heavy atom. The molecule has 0 unspecified atom stereocenters. The molecule has 2 saturated heterocycles. The van der Waals surface area contributed by atoms with E-state index in [9.17, 15) is 0 Å². The fourth-order valence-electron chi connectivity index (χ4n) is 3.31. The van der Waals surface area contributed by atoms with Gasteiger partial charge >= 0.3 is 0 Å². The van der Waals surface area contributed by atoms with Crippen molar-refractivity contribution in [3.8, 4) is 0 Å². The highest BCUT2D eigenvalue weighted by Crippen LogP contribution is 2.27. The number of hydrogen-bond donors (Lipinski definition) is 2. The molecule has 0 spiro atoms. The molecule has 2 aliphatic heterocycles. The lowest BCUT2D eigenvalue weighted by molar-refractivity contribution is 0.444. The Hall–Kier alpha value is -1.63. The molecule has 23 heavy (non-hydrogen) atoms. The lowest BCUT2D eigenvalue weighted by Gasteiger charge is -2.32. The van der Waals surface area contributed by atoms with Crippen molar-refractivity contribution >= 4 is 34.9 Å². The summed E-state index contributed by atoms with van der Waals surface area (Å²) < 4.78 is 0. The number of thiocarbonyl (C=S) groups is 1. The summed E-state index contributed by atoms with van der Waals surface area (Å²) in [5.74, 6) is 3.31. The highest BCUT2D eigenvalue weighted by atomic mass is 32.1. The van der Waals surface area contributed by atoms with E-state index in [2.05, 4.69) is 38.4 Å². The smallest absolute Gasteiger partial charge is 0.232 e. The van der Waals surface area contributed by atoms with E-state index in [1.165, 1.54) is 25.7 Å². The number of hydrogen-bond acceptors (Lipinski definition) is 5. The molecule has 1 aromatic rings. The Labute approximate surface area is 143 Å². The van der Waals surface area contributed by atoms with Gasteiger partial charge in [0, 0.05) is 39.3 Å². The van der Waals surface area contributed by atoms with Gasteiger partial charge in [-0.15, -0.1) is 0 Å². The van der Waals surface area contributed by atoms with Crippen molar-refractivity contribution in [2.75, 3.05) is 48.3 Å². The van der Waals surface area contributed by atoms with Gasteiger partial charge in [0.15, 0.2) is 5.11 Å². The zero-order valence-corrected chi connectivity index (χ0v) is 14.8. The van der Waals surface area contributed by atoms with Gasteiger partial charge in [-0.05, 0) is 43.8 Å². The number of rotatable bonds is 3. The molecule has 1 aromatic heterocycles. The number of piperidine rings is 1. The van der Waals surface area contributed by atoms with E-state index in [0.717, 1.165) is 37.8 Å². The molecule has 2 fully saturated rings. The molecule has 0 bridgehead atoms. The van der Waals surface area contributed by atoms with Crippen molar-refractivity contribution in [3.05, 3.63) is 6.07 Å². The van der Waals surface area contributed by atoms with Crippen molar-refractivity contribution in [3.63, 3.8) is 0 Å². The number of nitrogens with one attached hydrogen (secondary N) is 2. The third-order valence-electron chi connectivity index (χ3n) is 4.56. The van der Waals surface area contributed by atoms with E-state index < -0.39 is 0 Å². The molecule has 0 aromatic carbocycles. The highest BCUT2D eigenvalue weighted by Gasteiger charge is 2.21. The topological polar surface area (TPSA) is 56.3 Å². The van der Waals surface area contributed by atoms with E-state index in [0.29, 0.717) is 17.0 Å². The number of nitrogens with zero attached hydrogens (tertiary/aromatic N) is 4. The van der Waals surface area contributed by atoms with Gasteiger partial charge in [-0.3, -0.25) is 0 Å². The third kappa shape index (κ3) is 4.02. The number of anilines is 3. The Balaban J connectivity index is 1.88. The summed E-state index contributed by atoms with van der Waals surface area (Å²) in [6.07, 6.45) is 4.99. The predicted octanol–water partition coefficient (Wildman–Crippen LogP) is 2.23. The molecular formula is C16H26N6S. The van der Waals surface area contributed by atoms with Gasteiger partial charge in [-0.1, -0.05) is 6.92 Å². The summed E-state index contributed by atoms with van der Waals surface area (Å²) in [5, 5.41) is 6.56. The van der Waals surface area contributed by atoms with Gasteiger partial charge in [0.05, 0.1) is 0 Å². The van der Waals surface area contributed by atoms with Crippen molar-refractivity contribution in [1.82, 2.24) is 15.3 Å². The fraction of sp³-hybridized carbons (Fsp3) is 0.688. The van der Waals surface area contributed by atoms with Crippen LogP contribution in [0.3, 0.4) is 0 Å². The summed E-state index contributed by atoms with van der Waals surface area (Å²) in [5.41, 5.74) is 0. The predicted molar refractivity (Wildman–Crippen MR) is 99.4 cm³/mol. The second kappa shape index (κ2) is 7.29. The number of aromatic nitrogens is 2. The average Bonchev–Trinajstić information content (AvgIpc) is 3.09. The first-order valence-electron chi connectivity index (χ1n) is 8.53. The van der Waals surface area contributed by atoms with Crippen LogP contribution in [0.4, 0.5) is 17.6 Å². The molecule has 2 aliphatic rings. The highest BCUT2D eigenvalue weighted by molar-refractivity contribution is 7.80. The Morgan fingerprint density at radius 2 is 1.78 bits per heavy atom. The first-order chi connectivity index (χ1) is 11.2. The quantitative estimate of drug-likeness (QED) is 0.822. The van der Waals surface area contributed by atoms with Crippen molar-refractivity contribution < 1.29 is 0 Å². The molecule has 0 saturated carbocycles. The minimum atomic E-state index is 0.543. The van der Waals surface area contributed by atoms with Crippen LogP contribution in [0.1, 0.15) is 32.6 Å². The molecule has 6 nitrogen and oxygen atoms in total. The maximum absolute atomic E-state index is 5.20. The molecule has 0 amide bonds. The van der Waals surface area contributed by atoms with Crippen molar-refractivity contribution in [2.45, 2.75) is 32.6 Å². The van der Waals surface area contributed by atoms with Gasteiger partial charge in [0.25, 0.3) is 0 Å². The summed E-state index contributed by atoms with van der Waals surface area (Å²) in [6.45, 7) is 6.58. The summed E-state index contributed by atoms with van der Waals surface area (Å²) in [7, 11) is 1.80. The monoisotopic (exact) mass is 334 g/mol. The second-order valence-electron chi connectivity index (χ2n) is 6.50. The van der Waals surface area contributed by atoms with Gasteiger partial charge in [0.1, 0.15) is 11.6 Å². The average molecular weight is 334 g/mol. The van der Waals surface area contributed by atoms with Crippen LogP contribution in [0.5, 0.6) is 0 Å². The van der Waals surface area contributed by atoms with Crippen LogP contribution in [-0.4, -0.2) is 48.3 Å². The second-order valence-corrected chi connectivity index (χ2v) is 6.91. The SMILES string of the molecule is CNC(=S)Nc1nc(N2CCCC2)cc(N2CCC[C@H](C)C2)n1. The van der Waals surface area contributed by atoms with Crippen molar-refractivity contribution in [2.24, 2.45) is 5.92 Å².